The molecule has 0 N–H and O–H groups in total. The Morgan fingerprint density at radius 2 is 1.78 bits per heavy atom. The average molecular weight is 504 g/mol. The van der Waals surface area contributed by atoms with Gasteiger partial charge in [0.1, 0.15) is 18.3 Å². The lowest BCUT2D eigenvalue weighted by molar-refractivity contribution is -0.134. The van der Waals surface area contributed by atoms with Gasteiger partial charge in [0.15, 0.2) is 0 Å². The van der Waals surface area contributed by atoms with Gasteiger partial charge in [-0.2, -0.15) is 0 Å². The van der Waals surface area contributed by atoms with Crippen molar-refractivity contribution < 1.29 is 19.1 Å². The molecule has 2 amide bonds. The number of hydrogen-bond acceptors (Lipinski definition) is 4. The fourth-order valence-corrected chi connectivity index (χ4v) is 4.96. The third-order valence-corrected chi connectivity index (χ3v) is 6.99. The second kappa shape index (κ2) is 12.6. The van der Waals surface area contributed by atoms with E-state index in [0.29, 0.717) is 31.8 Å². The van der Waals surface area contributed by atoms with Crippen molar-refractivity contribution in [1.29, 1.82) is 0 Å². The maximum Gasteiger partial charge on any atom is 0.254 e. The number of para-hydroxylation sites is 1. The van der Waals surface area contributed by atoms with E-state index in [1.54, 1.807) is 19.1 Å². The quantitative estimate of drug-likeness (QED) is 0.385. The molecule has 0 saturated carbocycles. The molecule has 1 aliphatic rings. The highest BCUT2D eigenvalue weighted by molar-refractivity contribution is 5.96. The first-order valence-electron chi connectivity index (χ1n) is 13.0. The zero-order valence-corrected chi connectivity index (χ0v) is 22.1. The van der Waals surface area contributed by atoms with Crippen molar-refractivity contribution in [2.24, 2.45) is 0 Å². The first-order valence-corrected chi connectivity index (χ1v) is 13.0. The Balaban J connectivity index is 1.58. The van der Waals surface area contributed by atoms with Gasteiger partial charge in [-0.3, -0.25) is 9.59 Å². The van der Waals surface area contributed by atoms with Gasteiger partial charge in [0.2, 0.25) is 5.91 Å². The molecule has 7 heteroatoms. The molecule has 0 saturated heterocycles. The van der Waals surface area contributed by atoms with Crippen LogP contribution in [0.4, 0.5) is 0 Å². The normalized spacial score (nSPS) is 14.8. The van der Waals surface area contributed by atoms with Crippen LogP contribution >= 0.6 is 0 Å². The summed E-state index contributed by atoms with van der Waals surface area (Å²) in [6.07, 6.45) is 5.29. The van der Waals surface area contributed by atoms with Gasteiger partial charge in [0, 0.05) is 49.8 Å². The van der Waals surface area contributed by atoms with E-state index in [0.717, 1.165) is 36.3 Å². The standard InChI is InChI=1S/C30H37N3O4/c1-4-5-9-23-13-15-24(16-14-23)30(35)32(20-21-36-2)22-28(34)33-19-18-31-17-8-11-26(31)29(33)25-10-6-7-12-27(25)37-3/h6-8,10-17,29H,4-5,9,18-22H2,1-3H3. The van der Waals surface area contributed by atoms with Crippen molar-refractivity contribution in [2.45, 2.75) is 38.8 Å². The van der Waals surface area contributed by atoms with Crippen molar-refractivity contribution >= 4 is 11.8 Å². The molecule has 2 aromatic carbocycles. The molecule has 3 aromatic rings. The van der Waals surface area contributed by atoms with Gasteiger partial charge in [-0.25, -0.2) is 0 Å². The molecular weight excluding hydrogens is 466 g/mol. The molecule has 1 unspecified atom stereocenters. The van der Waals surface area contributed by atoms with Gasteiger partial charge in [0.05, 0.1) is 13.7 Å². The number of hydrogen-bond donors (Lipinski definition) is 0. The molecule has 196 valence electrons. The number of unbranched alkanes of at least 4 members (excludes halogenated alkanes) is 1. The zero-order valence-electron chi connectivity index (χ0n) is 22.1. The largest absolute Gasteiger partial charge is 0.496 e. The minimum Gasteiger partial charge on any atom is -0.496 e. The van der Waals surface area contributed by atoms with Crippen molar-refractivity contribution in [3.05, 3.63) is 89.2 Å². The van der Waals surface area contributed by atoms with Crippen LogP contribution in [-0.4, -0.2) is 66.6 Å². The fraction of sp³-hybridized carbons (Fsp3) is 0.400. The minimum absolute atomic E-state index is 0.0217. The average Bonchev–Trinajstić information content (AvgIpc) is 3.42. The van der Waals surface area contributed by atoms with Gasteiger partial charge in [0.25, 0.3) is 5.91 Å². The van der Waals surface area contributed by atoms with Crippen LogP contribution in [0.3, 0.4) is 0 Å². The topological polar surface area (TPSA) is 64.0 Å². The number of carbonyl (C=O) groups excluding carboxylic acids is 2. The summed E-state index contributed by atoms with van der Waals surface area (Å²) < 4.78 is 13.1. The Bertz CT molecular complexity index is 1190. The van der Waals surface area contributed by atoms with Gasteiger partial charge in [-0.1, -0.05) is 43.7 Å². The van der Waals surface area contributed by atoms with Gasteiger partial charge in [-0.15, -0.1) is 0 Å². The van der Waals surface area contributed by atoms with Crippen LogP contribution in [0.5, 0.6) is 5.75 Å². The number of rotatable bonds is 11. The summed E-state index contributed by atoms with van der Waals surface area (Å²) in [6.45, 7) is 4.08. The maximum absolute atomic E-state index is 13.8. The number of fused-ring (bicyclic) bond motifs is 1. The van der Waals surface area contributed by atoms with E-state index in [2.05, 4.69) is 11.5 Å². The number of nitrogens with zero attached hydrogens (tertiary/aromatic N) is 3. The fourth-order valence-electron chi connectivity index (χ4n) is 4.96. The number of amides is 2. The van der Waals surface area contributed by atoms with E-state index in [-0.39, 0.29) is 24.4 Å². The van der Waals surface area contributed by atoms with Crippen molar-refractivity contribution in [3.63, 3.8) is 0 Å². The van der Waals surface area contributed by atoms with Crippen LogP contribution in [-0.2, 0) is 22.5 Å². The van der Waals surface area contributed by atoms with E-state index in [4.69, 9.17) is 9.47 Å². The Morgan fingerprint density at radius 3 is 2.51 bits per heavy atom. The Kier molecular flexibility index (Phi) is 9.01. The number of methoxy groups -OCH3 is 2. The third-order valence-electron chi connectivity index (χ3n) is 6.99. The smallest absolute Gasteiger partial charge is 0.254 e. The molecule has 7 nitrogen and oxygen atoms in total. The first kappa shape index (κ1) is 26.5. The number of ether oxygens (including phenoxy) is 2. The summed E-state index contributed by atoms with van der Waals surface area (Å²) in [5, 5.41) is 0. The highest BCUT2D eigenvalue weighted by atomic mass is 16.5. The summed E-state index contributed by atoms with van der Waals surface area (Å²) in [4.78, 5) is 30.8. The summed E-state index contributed by atoms with van der Waals surface area (Å²) in [6, 6.07) is 19.3. The Morgan fingerprint density at radius 1 is 1.00 bits per heavy atom. The van der Waals surface area contributed by atoms with Crippen LogP contribution < -0.4 is 4.74 Å². The van der Waals surface area contributed by atoms with Crippen LogP contribution in [0.25, 0.3) is 0 Å². The Labute approximate surface area is 219 Å². The molecule has 0 aliphatic carbocycles. The molecule has 1 aromatic heterocycles. The molecule has 37 heavy (non-hydrogen) atoms. The SMILES string of the molecule is CCCCc1ccc(C(=O)N(CCOC)CC(=O)N2CCn3cccc3C2c2ccccc2OC)cc1. The highest BCUT2D eigenvalue weighted by Crippen LogP contribution is 2.37. The zero-order chi connectivity index (χ0) is 26.2. The number of aryl methyl sites for hydroxylation is 1. The second-order valence-corrected chi connectivity index (χ2v) is 9.38. The maximum atomic E-state index is 13.8. The van der Waals surface area contributed by atoms with Crippen molar-refractivity contribution in [3.8, 4) is 5.75 Å². The lowest BCUT2D eigenvalue weighted by Crippen LogP contribution is -2.48. The molecule has 0 radical (unpaired) electrons. The van der Waals surface area contributed by atoms with Gasteiger partial charge >= 0.3 is 0 Å². The second-order valence-electron chi connectivity index (χ2n) is 9.38. The number of carbonyl (C=O) groups is 2. The van der Waals surface area contributed by atoms with E-state index < -0.39 is 0 Å². The summed E-state index contributed by atoms with van der Waals surface area (Å²) in [5.41, 5.74) is 3.75. The predicted molar refractivity (Wildman–Crippen MR) is 144 cm³/mol. The van der Waals surface area contributed by atoms with E-state index in [1.807, 2.05) is 71.8 Å². The van der Waals surface area contributed by atoms with Crippen LogP contribution in [0.2, 0.25) is 0 Å². The third kappa shape index (κ3) is 6.05. The van der Waals surface area contributed by atoms with Crippen molar-refractivity contribution in [2.75, 3.05) is 40.5 Å². The van der Waals surface area contributed by atoms with E-state index >= 15 is 0 Å². The summed E-state index contributed by atoms with van der Waals surface area (Å²) in [7, 11) is 3.25. The molecule has 4 rings (SSSR count). The molecule has 1 aliphatic heterocycles. The molecule has 1 atom stereocenters. The van der Waals surface area contributed by atoms with Gasteiger partial charge < -0.3 is 23.8 Å². The minimum atomic E-state index is -0.301. The highest BCUT2D eigenvalue weighted by Gasteiger charge is 2.35. The molecule has 0 bridgehead atoms. The predicted octanol–water partition coefficient (Wildman–Crippen LogP) is 4.56. The van der Waals surface area contributed by atoms with E-state index in [1.165, 1.54) is 5.56 Å². The molecular formula is C30H37N3O4. The first-order chi connectivity index (χ1) is 18.1. The van der Waals surface area contributed by atoms with E-state index in [9.17, 15) is 9.59 Å². The monoisotopic (exact) mass is 503 g/mol. The number of benzene rings is 2. The van der Waals surface area contributed by atoms with Crippen LogP contribution in [0.1, 0.15) is 53.0 Å². The summed E-state index contributed by atoms with van der Waals surface area (Å²) >= 11 is 0. The van der Waals surface area contributed by atoms with Crippen LogP contribution in [0.15, 0.2) is 66.9 Å². The molecule has 0 spiro atoms. The lowest BCUT2D eigenvalue weighted by Gasteiger charge is -2.39. The Hall–Kier alpha value is -3.58. The molecule has 2 heterocycles. The summed E-state index contributed by atoms with van der Waals surface area (Å²) in [5.74, 6) is 0.462. The number of aromatic nitrogens is 1. The van der Waals surface area contributed by atoms with Crippen LogP contribution in [0, 0.1) is 0 Å². The van der Waals surface area contributed by atoms with Crippen molar-refractivity contribution in [1.82, 2.24) is 14.4 Å². The lowest BCUT2D eigenvalue weighted by atomic mass is 9.98. The van der Waals surface area contributed by atoms with Gasteiger partial charge in [-0.05, 0) is 48.7 Å². The molecule has 0 fully saturated rings.